The van der Waals surface area contributed by atoms with Gasteiger partial charge in [0.2, 0.25) is 5.91 Å². The Hall–Kier alpha value is -3.06. The molecule has 0 saturated heterocycles. The van der Waals surface area contributed by atoms with E-state index in [1.54, 1.807) is 45.3 Å². The van der Waals surface area contributed by atoms with Crippen LogP contribution in [0.2, 0.25) is 0 Å². The molecule has 1 N–H and O–H groups in total. The monoisotopic (exact) mass is 412 g/mol. The average Bonchev–Trinajstić information content (AvgIpc) is 3.08. The van der Waals surface area contributed by atoms with Crippen molar-refractivity contribution in [2.45, 2.75) is 20.8 Å². The first-order valence-corrected chi connectivity index (χ1v) is 10.0. The standard InChI is InChI=1S/C22H21FN2O3S/c1-4-28-22(27)18-17(14-5-7-16(23)8-6-14)19(15-9-11-24-12-10-15)29-21(18)25-20(26)13(2)3/h5-13H,4H2,1-3H3,(H,25,26). The molecular weight excluding hydrogens is 391 g/mol. The van der Waals surface area contributed by atoms with Gasteiger partial charge >= 0.3 is 5.97 Å². The Morgan fingerprint density at radius 2 is 1.76 bits per heavy atom. The third-order valence-corrected chi connectivity index (χ3v) is 5.38. The molecule has 0 aliphatic rings. The number of benzene rings is 1. The second-order valence-electron chi connectivity index (χ2n) is 6.62. The van der Waals surface area contributed by atoms with Crippen LogP contribution >= 0.6 is 11.3 Å². The molecule has 1 amide bonds. The van der Waals surface area contributed by atoms with E-state index in [9.17, 15) is 14.0 Å². The molecule has 2 heterocycles. The van der Waals surface area contributed by atoms with Crippen LogP contribution in [0, 0.1) is 11.7 Å². The van der Waals surface area contributed by atoms with E-state index < -0.39 is 5.97 Å². The van der Waals surface area contributed by atoms with Gasteiger partial charge in [-0.15, -0.1) is 11.3 Å². The zero-order valence-corrected chi connectivity index (χ0v) is 17.2. The average molecular weight is 412 g/mol. The van der Waals surface area contributed by atoms with Gasteiger partial charge in [0.1, 0.15) is 16.4 Å². The lowest BCUT2D eigenvalue weighted by molar-refractivity contribution is -0.118. The largest absolute Gasteiger partial charge is 0.462 e. The summed E-state index contributed by atoms with van der Waals surface area (Å²) in [5.74, 6) is -1.38. The molecule has 0 aliphatic carbocycles. The van der Waals surface area contributed by atoms with Crippen molar-refractivity contribution in [1.29, 1.82) is 0 Å². The van der Waals surface area contributed by atoms with Gasteiger partial charge in [0.25, 0.3) is 0 Å². The number of thiophene rings is 1. The molecule has 0 fully saturated rings. The van der Waals surface area contributed by atoms with E-state index in [1.807, 2.05) is 12.1 Å². The summed E-state index contributed by atoms with van der Waals surface area (Å²) in [4.78, 5) is 30.0. The lowest BCUT2D eigenvalue weighted by Crippen LogP contribution is -2.19. The maximum atomic E-state index is 13.5. The Balaban J connectivity index is 2.28. The number of aromatic nitrogens is 1. The number of hydrogen-bond donors (Lipinski definition) is 1. The van der Waals surface area contributed by atoms with E-state index in [4.69, 9.17) is 4.74 Å². The molecule has 0 bridgehead atoms. The number of carbonyl (C=O) groups excluding carboxylic acids is 2. The van der Waals surface area contributed by atoms with E-state index in [2.05, 4.69) is 10.3 Å². The highest BCUT2D eigenvalue weighted by atomic mass is 32.1. The van der Waals surface area contributed by atoms with Crippen molar-refractivity contribution in [1.82, 2.24) is 4.98 Å². The minimum absolute atomic E-state index is 0.194. The fraction of sp³-hybridized carbons (Fsp3) is 0.227. The van der Waals surface area contributed by atoms with Gasteiger partial charge in [-0.05, 0) is 42.3 Å². The predicted molar refractivity (Wildman–Crippen MR) is 112 cm³/mol. The predicted octanol–water partition coefficient (Wildman–Crippen LogP) is 5.39. The van der Waals surface area contributed by atoms with Crippen LogP contribution in [0.25, 0.3) is 21.6 Å². The first kappa shape index (κ1) is 20.7. The van der Waals surface area contributed by atoms with Crippen molar-refractivity contribution in [2.75, 3.05) is 11.9 Å². The number of esters is 1. The zero-order chi connectivity index (χ0) is 21.0. The summed E-state index contributed by atoms with van der Waals surface area (Å²) >= 11 is 1.28. The smallest absolute Gasteiger partial charge is 0.341 e. The summed E-state index contributed by atoms with van der Waals surface area (Å²) in [6, 6.07) is 9.54. The van der Waals surface area contributed by atoms with Gasteiger partial charge in [0.15, 0.2) is 0 Å². The number of nitrogens with one attached hydrogen (secondary N) is 1. The third-order valence-electron chi connectivity index (χ3n) is 4.22. The van der Waals surface area contributed by atoms with E-state index >= 15 is 0 Å². The van der Waals surface area contributed by atoms with Crippen LogP contribution in [-0.2, 0) is 9.53 Å². The van der Waals surface area contributed by atoms with Crippen molar-refractivity contribution in [3.8, 4) is 21.6 Å². The van der Waals surface area contributed by atoms with Crippen molar-refractivity contribution < 1.29 is 18.7 Å². The van der Waals surface area contributed by atoms with Crippen molar-refractivity contribution in [3.05, 3.63) is 60.2 Å². The molecule has 0 saturated carbocycles. The van der Waals surface area contributed by atoms with Gasteiger partial charge in [-0.3, -0.25) is 9.78 Å². The number of halogens is 1. The second kappa shape index (κ2) is 8.96. The van der Waals surface area contributed by atoms with Crippen molar-refractivity contribution in [2.24, 2.45) is 5.92 Å². The molecule has 7 heteroatoms. The molecule has 0 aliphatic heterocycles. The van der Waals surface area contributed by atoms with Crippen LogP contribution in [0.4, 0.5) is 9.39 Å². The molecule has 150 valence electrons. The Bertz CT molecular complexity index is 1010. The normalized spacial score (nSPS) is 10.8. The summed E-state index contributed by atoms with van der Waals surface area (Å²) < 4.78 is 18.8. The summed E-state index contributed by atoms with van der Waals surface area (Å²) in [6.07, 6.45) is 3.31. The van der Waals surface area contributed by atoms with E-state index in [-0.39, 0.29) is 29.8 Å². The van der Waals surface area contributed by atoms with E-state index in [0.717, 1.165) is 10.4 Å². The van der Waals surface area contributed by atoms with Crippen molar-refractivity contribution >= 4 is 28.2 Å². The van der Waals surface area contributed by atoms with Crippen LogP contribution in [0.3, 0.4) is 0 Å². The summed E-state index contributed by atoms with van der Waals surface area (Å²) in [7, 11) is 0. The zero-order valence-electron chi connectivity index (χ0n) is 16.4. The minimum atomic E-state index is -0.539. The van der Waals surface area contributed by atoms with Crippen molar-refractivity contribution in [3.63, 3.8) is 0 Å². The molecule has 2 aromatic heterocycles. The highest BCUT2D eigenvalue weighted by molar-refractivity contribution is 7.20. The van der Waals surface area contributed by atoms with Gasteiger partial charge in [-0.1, -0.05) is 26.0 Å². The first-order valence-electron chi connectivity index (χ1n) is 9.23. The maximum Gasteiger partial charge on any atom is 0.341 e. The van der Waals surface area contributed by atoms with E-state index in [0.29, 0.717) is 16.1 Å². The topological polar surface area (TPSA) is 68.3 Å². The molecule has 1 aromatic carbocycles. The summed E-state index contributed by atoms with van der Waals surface area (Å²) in [5.41, 5.74) is 2.35. The Morgan fingerprint density at radius 1 is 1.10 bits per heavy atom. The highest BCUT2D eigenvalue weighted by Gasteiger charge is 2.28. The lowest BCUT2D eigenvalue weighted by atomic mass is 9.98. The summed E-state index contributed by atoms with van der Waals surface area (Å²) in [6.45, 7) is 5.47. The molecular formula is C22H21FN2O3S. The Labute approximate surface area is 172 Å². The number of anilines is 1. The summed E-state index contributed by atoms with van der Waals surface area (Å²) in [5, 5.41) is 3.26. The van der Waals surface area contributed by atoms with Crippen LogP contribution in [0.1, 0.15) is 31.1 Å². The Morgan fingerprint density at radius 3 is 2.34 bits per heavy atom. The van der Waals surface area contributed by atoms with Gasteiger partial charge < -0.3 is 10.1 Å². The number of amides is 1. The van der Waals surface area contributed by atoms with Crippen LogP contribution < -0.4 is 5.32 Å². The number of rotatable bonds is 6. The van der Waals surface area contributed by atoms with Gasteiger partial charge in [0.05, 0.1) is 6.61 Å². The number of carbonyl (C=O) groups is 2. The van der Waals surface area contributed by atoms with Crippen LogP contribution in [-0.4, -0.2) is 23.5 Å². The molecule has 0 radical (unpaired) electrons. The molecule has 3 aromatic rings. The molecule has 29 heavy (non-hydrogen) atoms. The van der Waals surface area contributed by atoms with Crippen LogP contribution in [0.15, 0.2) is 48.8 Å². The quantitative estimate of drug-likeness (QED) is 0.552. The fourth-order valence-corrected chi connectivity index (χ4v) is 3.99. The van der Waals surface area contributed by atoms with Gasteiger partial charge in [-0.2, -0.15) is 0 Å². The molecule has 0 spiro atoms. The second-order valence-corrected chi connectivity index (χ2v) is 7.64. The fourth-order valence-electron chi connectivity index (χ4n) is 2.77. The molecule has 5 nitrogen and oxygen atoms in total. The molecule has 3 rings (SSSR count). The first-order chi connectivity index (χ1) is 13.9. The maximum absolute atomic E-state index is 13.5. The van der Waals surface area contributed by atoms with E-state index in [1.165, 1.54) is 23.5 Å². The number of hydrogen-bond acceptors (Lipinski definition) is 5. The SMILES string of the molecule is CCOC(=O)c1c(NC(=O)C(C)C)sc(-c2ccncc2)c1-c1ccc(F)cc1. The third kappa shape index (κ3) is 4.51. The minimum Gasteiger partial charge on any atom is -0.462 e. The number of ether oxygens (including phenoxy) is 1. The van der Waals surface area contributed by atoms with Crippen LogP contribution in [0.5, 0.6) is 0 Å². The number of nitrogens with zero attached hydrogens (tertiary/aromatic N) is 1. The highest BCUT2D eigenvalue weighted by Crippen LogP contribution is 2.46. The number of pyridine rings is 1. The van der Waals surface area contributed by atoms with Gasteiger partial charge in [-0.25, -0.2) is 9.18 Å². The van der Waals surface area contributed by atoms with Gasteiger partial charge in [0, 0.05) is 28.8 Å². The Kier molecular flexibility index (Phi) is 6.39. The molecule has 0 unspecified atom stereocenters. The lowest BCUT2D eigenvalue weighted by Gasteiger charge is -2.10. The molecule has 0 atom stereocenters.